The first-order chi connectivity index (χ1) is 33.0. The maximum absolute atomic E-state index is 14.7. The summed E-state index contributed by atoms with van der Waals surface area (Å²) < 4.78 is 0. The van der Waals surface area contributed by atoms with Crippen LogP contribution in [0.2, 0.25) is 0 Å². The van der Waals surface area contributed by atoms with Crippen molar-refractivity contribution in [3.05, 3.63) is 70.4 Å². The summed E-state index contributed by atoms with van der Waals surface area (Å²) in [6.45, 7) is 15.0. The van der Waals surface area contributed by atoms with Gasteiger partial charge in [0.2, 0.25) is 23.6 Å². The Morgan fingerprint density at radius 2 is 1.59 bits per heavy atom. The van der Waals surface area contributed by atoms with E-state index in [1.165, 1.54) is 25.4 Å². The average Bonchev–Trinajstić information content (AvgIpc) is 4.00. The zero-order chi connectivity index (χ0) is 52.2. The van der Waals surface area contributed by atoms with Crippen molar-refractivity contribution >= 4 is 46.9 Å². The Labute approximate surface area is 410 Å². The SMILES string of the molecule is C=C(N[C@H](C)C(C)=O)[C@@H]1CCCN1C(=O)[C@H](Cc1cnc[nH]1)NC(=O)[C@@H](CC(=O)[C@H](Cc1ccc(O)cc1)NC(=O)[C@@H](CC(=O)[C@H](CCCN/C(N)=N\[N+](=O)[O-])NC(=O)CN(C)C)C(C)C)C(C)CC. The normalized spacial score (nSPS) is 16.8. The summed E-state index contributed by atoms with van der Waals surface area (Å²) in [4.78, 5) is 118. The second-order valence-corrected chi connectivity index (χ2v) is 18.8. The van der Waals surface area contributed by atoms with E-state index in [1.807, 2.05) is 13.8 Å². The molecule has 1 aliphatic heterocycles. The van der Waals surface area contributed by atoms with Crippen molar-refractivity contribution in [1.82, 2.24) is 46.4 Å². The van der Waals surface area contributed by atoms with Crippen LogP contribution in [0.4, 0.5) is 0 Å². The fourth-order valence-electron chi connectivity index (χ4n) is 8.23. The molecule has 386 valence electrons. The van der Waals surface area contributed by atoms with E-state index in [4.69, 9.17) is 5.73 Å². The van der Waals surface area contributed by atoms with Crippen molar-refractivity contribution in [2.75, 3.05) is 33.7 Å². The second-order valence-electron chi connectivity index (χ2n) is 18.8. The van der Waals surface area contributed by atoms with Crippen molar-refractivity contribution in [3.8, 4) is 5.75 Å². The quantitative estimate of drug-likeness (QED) is 0.0182. The van der Waals surface area contributed by atoms with E-state index in [9.17, 15) is 48.8 Å². The molecule has 1 fully saturated rings. The van der Waals surface area contributed by atoms with Gasteiger partial charge in [-0.15, -0.1) is 0 Å². The predicted octanol–water partition coefficient (Wildman–Crippen LogP) is 1.72. The van der Waals surface area contributed by atoms with Crippen LogP contribution in [0.5, 0.6) is 5.75 Å². The lowest BCUT2D eigenvalue weighted by Gasteiger charge is -2.32. The topological polar surface area (TPSA) is 317 Å². The smallest absolute Gasteiger partial charge is 0.266 e. The monoisotopic (exact) mass is 979 g/mol. The summed E-state index contributed by atoms with van der Waals surface area (Å²) in [5, 5.41) is 37.0. The van der Waals surface area contributed by atoms with Gasteiger partial charge in [-0.2, -0.15) is 0 Å². The number of amides is 4. The molecule has 2 aromatic rings. The molecule has 22 nitrogen and oxygen atoms in total. The average molecular weight is 979 g/mol. The van der Waals surface area contributed by atoms with Crippen LogP contribution >= 0.6 is 0 Å². The van der Waals surface area contributed by atoms with Gasteiger partial charge in [0.15, 0.2) is 22.4 Å². The number of H-pyrrole nitrogens is 1. The fourth-order valence-corrected chi connectivity index (χ4v) is 8.23. The minimum absolute atomic E-state index is 0.00981. The third-order valence-corrected chi connectivity index (χ3v) is 12.6. The highest BCUT2D eigenvalue weighted by Gasteiger charge is 2.39. The van der Waals surface area contributed by atoms with E-state index in [2.05, 4.69) is 48.2 Å². The lowest BCUT2D eigenvalue weighted by molar-refractivity contribution is -0.485. The highest BCUT2D eigenvalue weighted by molar-refractivity contribution is 5.97. The number of hydrogen-bond acceptors (Lipinski definition) is 13. The number of ketones is 3. The number of likely N-dealkylation sites (N-methyl/N-ethyl adjacent to an activating group) is 1. The summed E-state index contributed by atoms with van der Waals surface area (Å²) in [5.74, 6) is -6.09. The number of Topliss-reactive ketones (excluding diaryl/α,β-unsaturated/α-hetero) is 3. The van der Waals surface area contributed by atoms with E-state index in [1.54, 1.807) is 63.0 Å². The molecule has 1 aliphatic rings. The number of benzene rings is 1. The lowest BCUT2D eigenvalue weighted by Crippen LogP contribution is -2.54. The Balaban J connectivity index is 1.91. The molecule has 1 aromatic heterocycles. The molecule has 2 heterocycles. The molecule has 70 heavy (non-hydrogen) atoms. The van der Waals surface area contributed by atoms with Crippen molar-refractivity contribution in [1.29, 1.82) is 0 Å². The van der Waals surface area contributed by atoms with E-state index in [0.717, 1.165) is 0 Å². The minimum atomic E-state index is -1.19. The number of nitrogens with zero attached hydrogens (tertiary/aromatic N) is 5. The number of phenolic OH excluding ortho intramolecular Hbond substituents is 1. The molecule has 1 aromatic carbocycles. The number of phenols is 1. The van der Waals surface area contributed by atoms with E-state index in [0.29, 0.717) is 42.8 Å². The van der Waals surface area contributed by atoms with Gasteiger partial charge in [-0.3, -0.25) is 33.6 Å². The number of hydrogen-bond donors (Lipinski definition) is 8. The maximum atomic E-state index is 14.7. The number of nitrogens with one attached hydrogen (secondary N) is 6. The molecule has 1 saturated heterocycles. The standard InChI is InChI=1S/C48H74N12O10/c1-10-29(4)37(46(67)56-40(22-34-25-50-27-52-34)47(68)59-20-12-14-41(59)31(6)53-30(5)32(7)61)24-43(64)39(21-33-15-17-35(62)18-16-33)55-45(66)36(28(2)3)23-42(63)38(54-44(65)26-58(8)9)13-11-19-51-48(49)57-60(69)70/h15-18,25,27-30,36-41,53,62H,6,10-14,19-24,26H2,1-5,7-9H3,(H,50,52)(H,54,65)(H,55,66)(H,56,67)(H3,49,51,57)/t29?,30-,36+,37+,38+,39+,40+,41+/m1/s1. The highest BCUT2D eigenvalue weighted by Crippen LogP contribution is 2.26. The predicted molar refractivity (Wildman–Crippen MR) is 262 cm³/mol. The number of carbonyl (C=O) groups is 7. The molecule has 4 amide bonds. The Morgan fingerprint density at radius 3 is 2.17 bits per heavy atom. The van der Waals surface area contributed by atoms with E-state index < -0.39 is 88.2 Å². The van der Waals surface area contributed by atoms with Crippen LogP contribution in [0, 0.1) is 33.8 Å². The minimum Gasteiger partial charge on any atom is -0.508 e. The third kappa shape index (κ3) is 18.7. The van der Waals surface area contributed by atoms with Crippen LogP contribution < -0.4 is 32.3 Å². The summed E-state index contributed by atoms with van der Waals surface area (Å²) in [6, 6.07) is 1.87. The van der Waals surface area contributed by atoms with Crippen LogP contribution in [-0.4, -0.2) is 141 Å². The Morgan fingerprint density at radius 1 is 0.957 bits per heavy atom. The maximum Gasteiger partial charge on any atom is 0.266 e. The number of hydrazone groups is 1. The van der Waals surface area contributed by atoms with E-state index >= 15 is 0 Å². The highest BCUT2D eigenvalue weighted by atomic mass is 16.7. The van der Waals surface area contributed by atoms with Crippen LogP contribution in [0.15, 0.2) is 54.2 Å². The van der Waals surface area contributed by atoms with Crippen LogP contribution in [0.3, 0.4) is 0 Å². The first kappa shape index (κ1) is 57.6. The van der Waals surface area contributed by atoms with Gasteiger partial charge in [-0.25, -0.2) is 15.1 Å². The fraction of sp³-hybridized carbons (Fsp3) is 0.604. The molecule has 0 aliphatic carbocycles. The van der Waals surface area contributed by atoms with Gasteiger partial charge in [0.1, 0.15) is 16.9 Å². The molecular weight excluding hydrogens is 905 g/mol. The number of nitro groups is 1. The molecular formula is C48H74N12O10. The summed E-state index contributed by atoms with van der Waals surface area (Å²) in [5.41, 5.74) is 7.23. The van der Waals surface area contributed by atoms with Gasteiger partial charge in [-0.05, 0) is 89.6 Å². The largest absolute Gasteiger partial charge is 0.508 e. The van der Waals surface area contributed by atoms with Gasteiger partial charge >= 0.3 is 0 Å². The Kier molecular flexibility index (Phi) is 23.1. The number of aromatic nitrogens is 2. The number of carbonyl (C=O) groups excluding carboxylic acids is 7. The van der Waals surface area contributed by atoms with Crippen molar-refractivity contribution in [2.45, 2.75) is 130 Å². The van der Waals surface area contributed by atoms with Crippen LogP contribution in [-0.2, 0) is 46.4 Å². The number of likely N-dealkylation sites (tertiary alicyclic amines) is 1. The second kappa shape index (κ2) is 28.1. The number of imidazole rings is 1. The van der Waals surface area contributed by atoms with Gasteiger partial charge in [-0.1, -0.05) is 52.8 Å². The molecule has 0 saturated carbocycles. The Hall–Kier alpha value is -6.71. The summed E-state index contributed by atoms with van der Waals surface area (Å²) >= 11 is 0. The first-order valence-corrected chi connectivity index (χ1v) is 23.8. The summed E-state index contributed by atoms with van der Waals surface area (Å²) in [6.07, 6.45) is 4.56. The molecule has 1 unspecified atom stereocenters. The molecule has 0 bridgehead atoms. The van der Waals surface area contributed by atoms with Gasteiger partial charge in [0, 0.05) is 61.8 Å². The van der Waals surface area contributed by atoms with Gasteiger partial charge in [0.05, 0.1) is 37.0 Å². The molecule has 3 rings (SSSR count). The molecule has 22 heteroatoms. The number of aromatic amines is 1. The van der Waals surface area contributed by atoms with Crippen LogP contribution in [0.1, 0.15) is 97.7 Å². The lowest BCUT2D eigenvalue weighted by atomic mass is 9.83. The van der Waals surface area contributed by atoms with Gasteiger partial charge in [0.25, 0.3) is 5.96 Å². The zero-order valence-corrected chi connectivity index (χ0v) is 41.8. The summed E-state index contributed by atoms with van der Waals surface area (Å²) in [7, 11) is 3.37. The third-order valence-electron chi connectivity index (χ3n) is 12.6. The van der Waals surface area contributed by atoms with Crippen molar-refractivity contribution in [3.63, 3.8) is 0 Å². The van der Waals surface area contributed by atoms with Crippen molar-refractivity contribution in [2.24, 2.45) is 34.5 Å². The molecule has 8 atom stereocenters. The number of rotatable bonds is 30. The van der Waals surface area contributed by atoms with E-state index in [-0.39, 0.29) is 75.0 Å². The number of guanidine groups is 1. The molecule has 0 radical (unpaired) electrons. The number of nitrogens with two attached hydrogens (primary N) is 1. The zero-order valence-electron chi connectivity index (χ0n) is 41.8. The van der Waals surface area contributed by atoms with Gasteiger partial charge < -0.3 is 52.2 Å². The van der Waals surface area contributed by atoms with Crippen LogP contribution in [0.25, 0.3) is 0 Å². The Bertz CT molecular complexity index is 2150. The number of aromatic hydroxyl groups is 1. The molecule has 0 spiro atoms. The molecule has 9 N–H and O–H groups in total. The van der Waals surface area contributed by atoms with Crippen molar-refractivity contribution < 1.29 is 43.7 Å². The first-order valence-electron chi connectivity index (χ1n) is 23.8.